The molecule has 0 spiro atoms. The molecule has 1 saturated carbocycles. The first kappa shape index (κ1) is 36.2. The average Bonchev–Trinajstić information content (AvgIpc) is 3.73. The van der Waals surface area contributed by atoms with Crippen LogP contribution in [0.5, 0.6) is 23.0 Å². The normalized spacial score (nSPS) is 16.7. The molecule has 0 N–H and O–H groups in total. The number of amides is 1. The maximum atomic E-state index is 13.8. The Morgan fingerprint density at radius 1 is 1.02 bits per heavy atom. The monoisotopic (exact) mass is 744 g/mol. The Morgan fingerprint density at radius 2 is 1.71 bits per heavy atom. The fourth-order valence-corrected chi connectivity index (χ4v) is 6.39. The van der Waals surface area contributed by atoms with Gasteiger partial charge in [0.1, 0.15) is 22.2 Å². The maximum absolute atomic E-state index is 13.8. The number of aromatic nitrogens is 1. The molecule has 49 heavy (non-hydrogen) atoms. The number of pyridine rings is 1. The zero-order valence-electron chi connectivity index (χ0n) is 26.3. The van der Waals surface area contributed by atoms with E-state index in [0.717, 1.165) is 31.5 Å². The van der Waals surface area contributed by atoms with Gasteiger partial charge < -0.3 is 33.2 Å². The third kappa shape index (κ3) is 9.34. The van der Waals surface area contributed by atoms with Crippen molar-refractivity contribution in [3.8, 4) is 23.0 Å². The summed E-state index contributed by atoms with van der Waals surface area (Å²) in [6.07, 6.45) is 4.33. The summed E-state index contributed by atoms with van der Waals surface area (Å²) in [5.74, 6) is -1.42. The molecule has 17 heteroatoms. The first-order valence-corrected chi connectivity index (χ1v) is 17.7. The van der Waals surface area contributed by atoms with Gasteiger partial charge in [0.05, 0.1) is 20.0 Å². The molecule has 1 amide bonds. The van der Waals surface area contributed by atoms with Crippen LogP contribution in [0, 0.1) is 11.1 Å². The van der Waals surface area contributed by atoms with E-state index in [1.807, 2.05) is 0 Å². The fraction of sp³-hybridized carbons (Fsp3) is 0.406. The highest BCUT2D eigenvalue weighted by Crippen LogP contribution is 2.38. The van der Waals surface area contributed by atoms with E-state index in [-0.39, 0.29) is 76.1 Å². The molecule has 0 radical (unpaired) electrons. The van der Waals surface area contributed by atoms with E-state index in [9.17, 15) is 32.0 Å². The molecule has 12 nitrogen and oxygen atoms in total. The van der Waals surface area contributed by atoms with Gasteiger partial charge in [-0.25, -0.2) is 4.79 Å². The number of likely N-dealkylation sites (tertiary alicyclic amines) is 1. The van der Waals surface area contributed by atoms with Gasteiger partial charge in [0.15, 0.2) is 35.4 Å². The first-order valence-electron chi connectivity index (χ1n) is 15.1. The second kappa shape index (κ2) is 15.2. The maximum Gasteiger partial charge on any atom is 0.387 e. The summed E-state index contributed by atoms with van der Waals surface area (Å²) < 4.78 is 77.1. The number of nitrogens with zero attached hydrogens (tertiary/aromatic N) is 2. The second-order valence-corrected chi connectivity index (χ2v) is 14.0. The van der Waals surface area contributed by atoms with E-state index < -0.39 is 40.8 Å². The van der Waals surface area contributed by atoms with E-state index in [1.54, 1.807) is 0 Å². The molecular formula is C32H32Cl2F2N2O10S. The molecule has 0 unspecified atom stereocenters. The number of benzene rings is 2. The molecule has 1 saturated heterocycles. The van der Waals surface area contributed by atoms with Gasteiger partial charge in [0.2, 0.25) is 0 Å². The summed E-state index contributed by atoms with van der Waals surface area (Å²) in [4.78, 5) is 28.8. The smallest absolute Gasteiger partial charge is 0.387 e. The van der Waals surface area contributed by atoms with Crippen molar-refractivity contribution in [2.24, 2.45) is 5.92 Å². The number of rotatable bonds is 14. The minimum atomic E-state index is -3.96. The van der Waals surface area contributed by atoms with Crippen LogP contribution in [-0.2, 0) is 26.1 Å². The Labute approximate surface area is 291 Å². The Kier molecular flexibility index (Phi) is 11.2. The number of carbonyl (C=O) groups is 2. The van der Waals surface area contributed by atoms with Crippen molar-refractivity contribution >= 4 is 45.2 Å². The minimum Gasteiger partial charge on any atom is -0.619 e. The summed E-state index contributed by atoms with van der Waals surface area (Å²) >= 11 is 12.7. The summed E-state index contributed by atoms with van der Waals surface area (Å²) in [5.41, 5.74) is 0.634. The number of ether oxygens (including phenoxy) is 4. The van der Waals surface area contributed by atoms with Gasteiger partial charge in [-0.1, -0.05) is 29.3 Å². The van der Waals surface area contributed by atoms with Gasteiger partial charge in [-0.2, -0.15) is 21.9 Å². The van der Waals surface area contributed by atoms with Crippen LogP contribution in [0.1, 0.15) is 53.3 Å². The SMILES string of the molecule is COc1ccc(C(=O)N2CCC[C@H]2C(=O)O[C@@H](Cc2c(Cl)c[n+]([O-])cc2Cl)c2ccc(OC(F)F)c(OCC3CC3)c2)cc1OS(C)(=O)=O. The molecule has 3 aromatic rings. The van der Waals surface area contributed by atoms with Crippen LogP contribution in [0.25, 0.3) is 0 Å². The molecule has 264 valence electrons. The Balaban J connectivity index is 1.45. The van der Waals surface area contributed by atoms with E-state index >= 15 is 0 Å². The van der Waals surface area contributed by atoms with E-state index in [4.69, 9.17) is 41.6 Å². The van der Waals surface area contributed by atoms with Crippen LogP contribution >= 0.6 is 23.2 Å². The summed E-state index contributed by atoms with van der Waals surface area (Å²) in [6.45, 7) is -2.65. The van der Waals surface area contributed by atoms with Gasteiger partial charge >= 0.3 is 22.7 Å². The number of alkyl halides is 2. The van der Waals surface area contributed by atoms with Crippen molar-refractivity contribution in [3.05, 3.63) is 80.7 Å². The number of halogens is 4. The molecule has 1 aliphatic carbocycles. The summed E-state index contributed by atoms with van der Waals surface area (Å²) in [7, 11) is -2.65. The number of carbonyl (C=O) groups excluding carboxylic acids is 2. The minimum absolute atomic E-state index is 0.00398. The van der Waals surface area contributed by atoms with Crippen LogP contribution in [0.4, 0.5) is 8.78 Å². The molecule has 2 heterocycles. The molecule has 1 aliphatic heterocycles. The van der Waals surface area contributed by atoms with E-state index in [1.165, 1.54) is 48.4 Å². The van der Waals surface area contributed by atoms with Crippen LogP contribution < -0.4 is 23.1 Å². The van der Waals surface area contributed by atoms with Crippen LogP contribution in [-0.4, -0.2) is 64.4 Å². The van der Waals surface area contributed by atoms with Gasteiger partial charge in [0.25, 0.3) is 5.91 Å². The van der Waals surface area contributed by atoms with Crippen molar-refractivity contribution in [1.29, 1.82) is 0 Å². The third-order valence-corrected chi connectivity index (χ3v) is 9.00. The Morgan fingerprint density at radius 3 is 2.35 bits per heavy atom. The van der Waals surface area contributed by atoms with E-state index in [2.05, 4.69) is 4.74 Å². The highest BCUT2D eigenvalue weighted by molar-refractivity contribution is 7.86. The van der Waals surface area contributed by atoms with Gasteiger partial charge in [-0.05, 0) is 67.5 Å². The van der Waals surface area contributed by atoms with Crippen LogP contribution in [0.15, 0.2) is 48.8 Å². The number of methoxy groups -OCH3 is 1. The lowest BCUT2D eigenvalue weighted by Gasteiger charge is -2.27. The van der Waals surface area contributed by atoms with Crippen molar-refractivity contribution in [1.82, 2.24) is 4.90 Å². The number of hydrogen-bond donors (Lipinski definition) is 0. The Hall–Kier alpha value is -4.08. The molecule has 5 rings (SSSR count). The molecule has 2 aromatic carbocycles. The second-order valence-electron chi connectivity index (χ2n) is 11.6. The highest BCUT2D eigenvalue weighted by atomic mass is 35.5. The van der Waals surface area contributed by atoms with E-state index in [0.29, 0.717) is 16.7 Å². The zero-order chi connectivity index (χ0) is 35.5. The predicted molar refractivity (Wildman–Crippen MR) is 172 cm³/mol. The summed E-state index contributed by atoms with van der Waals surface area (Å²) in [5, 5.41) is 11.9. The average molecular weight is 746 g/mol. The topological polar surface area (TPSA) is 145 Å². The molecule has 1 aromatic heterocycles. The lowest BCUT2D eigenvalue weighted by atomic mass is 10.0. The fourth-order valence-electron chi connectivity index (χ4n) is 5.34. The molecule has 0 bridgehead atoms. The van der Waals surface area contributed by atoms with Gasteiger partial charge in [0, 0.05) is 24.1 Å². The lowest BCUT2D eigenvalue weighted by Crippen LogP contribution is -2.42. The van der Waals surface area contributed by atoms with Crippen molar-refractivity contribution in [2.75, 3.05) is 26.5 Å². The van der Waals surface area contributed by atoms with Crippen LogP contribution in [0.3, 0.4) is 0 Å². The standard InChI is InChI=1S/C32H32Cl2F2N2O10S/c1-44-25-9-8-20(13-29(25)48-49(2,42)43)30(39)38-11-3-4-24(38)31(40)46-27(14-21-22(33)15-37(41)16-23(21)34)19-7-10-26(47-32(35)36)28(12-19)45-17-18-5-6-18/h7-10,12-13,15-16,18,24,27,32H,3-6,11,14,17H2,1-2H3/t24-,27-/m0/s1. The molecular weight excluding hydrogens is 713 g/mol. The van der Waals surface area contributed by atoms with Gasteiger partial charge in [-0.3, -0.25) is 4.79 Å². The predicted octanol–water partition coefficient (Wildman–Crippen LogP) is 5.50. The lowest BCUT2D eigenvalue weighted by molar-refractivity contribution is -0.605. The quantitative estimate of drug-likeness (QED) is 0.0899. The largest absolute Gasteiger partial charge is 0.619 e. The molecule has 2 fully saturated rings. The van der Waals surface area contributed by atoms with Crippen molar-refractivity contribution in [3.63, 3.8) is 0 Å². The molecule has 2 atom stereocenters. The number of esters is 1. The van der Waals surface area contributed by atoms with Crippen LogP contribution in [0.2, 0.25) is 10.0 Å². The van der Waals surface area contributed by atoms with Crippen molar-refractivity contribution in [2.45, 2.75) is 50.9 Å². The summed E-state index contributed by atoms with van der Waals surface area (Å²) in [6, 6.07) is 7.07. The number of hydrogen-bond acceptors (Lipinski definition) is 10. The van der Waals surface area contributed by atoms with Crippen molar-refractivity contribution < 1.29 is 54.6 Å². The molecule has 2 aliphatic rings. The third-order valence-electron chi connectivity index (χ3n) is 7.87. The Bertz CT molecular complexity index is 1800. The van der Waals surface area contributed by atoms with Gasteiger partial charge in [-0.15, -0.1) is 0 Å². The zero-order valence-corrected chi connectivity index (χ0v) is 28.6. The highest BCUT2D eigenvalue weighted by Gasteiger charge is 2.38. The first-order chi connectivity index (χ1) is 23.2.